The molecule has 0 saturated heterocycles. The van der Waals surface area contributed by atoms with E-state index < -0.39 is 15.3 Å². The molecule has 0 aromatic carbocycles. The number of hydrogen-bond donors (Lipinski definition) is 0. The normalized spacial score (nSPS) is 15.2. The van der Waals surface area contributed by atoms with Crippen LogP contribution < -0.4 is 0 Å². The predicted molar refractivity (Wildman–Crippen MR) is 29.3 cm³/mol. The van der Waals surface area contributed by atoms with Crippen molar-refractivity contribution in [2.45, 2.75) is 12.4 Å². The molecule has 0 rings (SSSR count). The molecule has 0 amide bonds. The molecule has 8 heavy (non-hydrogen) atoms. The first kappa shape index (κ1) is 7.65. The summed E-state index contributed by atoms with van der Waals surface area (Å²) in [7, 11) is -3.53. The van der Waals surface area contributed by atoms with Gasteiger partial charge in [0, 0.05) is 5.41 Å². The summed E-state index contributed by atoms with van der Waals surface area (Å²) in [6.07, 6.45) is 0. The summed E-state index contributed by atoms with van der Waals surface area (Å²) in [5, 5.41) is 10.8. The van der Waals surface area contributed by atoms with Gasteiger partial charge >= 0.3 is 0 Å². The Bertz CT molecular complexity index is 166. The molecule has 0 bridgehead atoms. The second-order valence-electron chi connectivity index (χ2n) is 1.32. The fourth-order valence-corrected chi connectivity index (χ4v) is 0.407. The van der Waals surface area contributed by atoms with Gasteiger partial charge in [-0.2, -0.15) is 0 Å². The average molecular weight is 135 g/mol. The molecule has 1 unspecified atom stereocenters. The van der Waals surface area contributed by atoms with Crippen LogP contribution in [0, 0.1) is 0 Å². The Kier molecular flexibility index (Phi) is 2.18. The lowest BCUT2D eigenvalue weighted by Gasteiger charge is -1.94. The van der Waals surface area contributed by atoms with Gasteiger partial charge < -0.3 is 0 Å². The van der Waals surface area contributed by atoms with Crippen molar-refractivity contribution in [3.63, 3.8) is 0 Å². The Morgan fingerprint density at radius 3 is 2.00 bits per heavy atom. The molecule has 0 aromatic rings. The summed E-state index contributed by atoms with van der Waals surface area (Å²) < 4.78 is 20.5. The second kappa shape index (κ2) is 2.28. The maximum absolute atomic E-state index is 10.3. The van der Waals surface area contributed by atoms with Crippen LogP contribution in [0.5, 0.6) is 0 Å². The van der Waals surface area contributed by atoms with Crippen LogP contribution in [0.2, 0.25) is 0 Å². The lowest BCUT2D eigenvalue weighted by molar-refractivity contribution is 0.171. The standard InChI is InChI=1S/C4H7O3S/c1-3-8(6,7)4(2)5/h3-4H,1H2,2H3. The quantitative estimate of drug-likeness (QED) is 0.547. The van der Waals surface area contributed by atoms with E-state index >= 15 is 0 Å². The molecule has 0 N–H and O–H groups in total. The van der Waals surface area contributed by atoms with E-state index in [0.29, 0.717) is 5.41 Å². The van der Waals surface area contributed by atoms with Crippen LogP contribution in [-0.2, 0) is 14.9 Å². The lowest BCUT2D eigenvalue weighted by atomic mass is 10.9. The van der Waals surface area contributed by atoms with Gasteiger partial charge in [0.2, 0.25) is 9.84 Å². The average Bonchev–Trinajstić information content (AvgIpc) is 1.67. The van der Waals surface area contributed by atoms with Crippen LogP contribution in [0.15, 0.2) is 12.0 Å². The Balaban J connectivity index is 4.40. The summed E-state index contributed by atoms with van der Waals surface area (Å²) in [6.45, 7) is 4.03. The molecule has 0 aliphatic rings. The SMILES string of the molecule is C=CS(=O)(=O)C(C)[O]. The summed E-state index contributed by atoms with van der Waals surface area (Å²) in [4.78, 5) is 0. The van der Waals surface area contributed by atoms with Crippen molar-refractivity contribution >= 4 is 9.84 Å². The van der Waals surface area contributed by atoms with Gasteiger partial charge in [0.05, 0.1) is 0 Å². The first-order valence-corrected chi connectivity index (χ1v) is 3.64. The third kappa shape index (κ3) is 1.63. The van der Waals surface area contributed by atoms with Gasteiger partial charge in [-0.25, -0.2) is 13.5 Å². The van der Waals surface area contributed by atoms with E-state index in [9.17, 15) is 13.5 Å². The molecule has 0 aliphatic carbocycles. The molecule has 3 nitrogen and oxygen atoms in total. The summed E-state index contributed by atoms with van der Waals surface area (Å²) in [5.74, 6) is 0. The highest BCUT2D eigenvalue weighted by Gasteiger charge is 2.13. The third-order valence-electron chi connectivity index (χ3n) is 0.695. The highest BCUT2D eigenvalue weighted by atomic mass is 32.2. The lowest BCUT2D eigenvalue weighted by Crippen LogP contribution is -2.10. The highest BCUT2D eigenvalue weighted by Crippen LogP contribution is 1.97. The van der Waals surface area contributed by atoms with Crippen LogP contribution in [0.3, 0.4) is 0 Å². The fourth-order valence-electron chi connectivity index (χ4n) is 0.136. The summed E-state index contributed by atoms with van der Waals surface area (Å²) in [6, 6.07) is 0. The molecule has 1 atom stereocenters. The van der Waals surface area contributed by atoms with Crippen LogP contribution in [0.25, 0.3) is 0 Å². The maximum Gasteiger partial charge on any atom is 0.200 e. The van der Waals surface area contributed by atoms with Gasteiger partial charge in [-0.15, -0.1) is 0 Å². The van der Waals surface area contributed by atoms with E-state index in [-0.39, 0.29) is 0 Å². The topological polar surface area (TPSA) is 54.0 Å². The molecule has 0 aliphatic heterocycles. The minimum absolute atomic E-state index is 0.671. The third-order valence-corrected chi connectivity index (χ3v) is 2.08. The van der Waals surface area contributed by atoms with Crippen molar-refractivity contribution in [2.24, 2.45) is 0 Å². The van der Waals surface area contributed by atoms with E-state index in [2.05, 4.69) is 6.58 Å². The summed E-state index contributed by atoms with van der Waals surface area (Å²) in [5.41, 5.74) is -1.58. The van der Waals surface area contributed by atoms with Crippen LogP contribution >= 0.6 is 0 Å². The van der Waals surface area contributed by atoms with Crippen LogP contribution in [0.1, 0.15) is 6.92 Å². The smallest absolute Gasteiger partial charge is 0.200 e. The monoisotopic (exact) mass is 135 g/mol. The fraction of sp³-hybridized carbons (Fsp3) is 0.500. The van der Waals surface area contributed by atoms with E-state index in [0.717, 1.165) is 6.92 Å². The van der Waals surface area contributed by atoms with Crippen molar-refractivity contribution in [3.05, 3.63) is 12.0 Å². The molecule has 47 valence electrons. The van der Waals surface area contributed by atoms with E-state index in [1.165, 1.54) is 0 Å². The minimum atomic E-state index is -3.53. The number of sulfone groups is 1. The molecule has 0 heterocycles. The summed E-state index contributed by atoms with van der Waals surface area (Å²) >= 11 is 0. The zero-order valence-electron chi connectivity index (χ0n) is 4.49. The zero-order chi connectivity index (χ0) is 6.78. The molecule has 4 heteroatoms. The van der Waals surface area contributed by atoms with E-state index in [1.54, 1.807) is 0 Å². The zero-order valence-corrected chi connectivity index (χ0v) is 5.31. The van der Waals surface area contributed by atoms with Gasteiger partial charge in [0.1, 0.15) is 0 Å². The van der Waals surface area contributed by atoms with Gasteiger partial charge in [-0.3, -0.25) is 0 Å². The highest BCUT2D eigenvalue weighted by molar-refractivity contribution is 7.94. The predicted octanol–water partition coefficient (Wildman–Crippen LogP) is 0.321. The maximum atomic E-state index is 10.3. The van der Waals surface area contributed by atoms with Gasteiger partial charge in [0.25, 0.3) is 0 Å². The largest absolute Gasteiger partial charge is 0.221 e. The molecule has 1 radical (unpaired) electrons. The van der Waals surface area contributed by atoms with Crippen molar-refractivity contribution in [2.75, 3.05) is 0 Å². The van der Waals surface area contributed by atoms with Gasteiger partial charge in [-0.05, 0) is 6.92 Å². The molecule has 0 saturated carbocycles. The van der Waals surface area contributed by atoms with E-state index in [1.807, 2.05) is 0 Å². The Morgan fingerprint density at radius 1 is 1.62 bits per heavy atom. The number of hydrogen-bond acceptors (Lipinski definition) is 2. The Morgan fingerprint density at radius 2 is 2.00 bits per heavy atom. The molecular formula is C4H7O3S. The Hall–Kier alpha value is -0.350. The van der Waals surface area contributed by atoms with E-state index in [4.69, 9.17) is 0 Å². The first-order valence-electron chi connectivity index (χ1n) is 2.03. The van der Waals surface area contributed by atoms with Crippen molar-refractivity contribution in [1.29, 1.82) is 0 Å². The van der Waals surface area contributed by atoms with Crippen LogP contribution in [0.4, 0.5) is 0 Å². The van der Waals surface area contributed by atoms with Crippen molar-refractivity contribution in [1.82, 2.24) is 0 Å². The van der Waals surface area contributed by atoms with Gasteiger partial charge in [0.15, 0.2) is 5.44 Å². The minimum Gasteiger partial charge on any atom is -0.221 e. The first-order chi connectivity index (χ1) is 3.50. The molecular weight excluding hydrogens is 128 g/mol. The van der Waals surface area contributed by atoms with Crippen molar-refractivity contribution in [3.8, 4) is 0 Å². The second-order valence-corrected chi connectivity index (χ2v) is 3.50. The van der Waals surface area contributed by atoms with Crippen molar-refractivity contribution < 1.29 is 13.5 Å². The molecule has 0 fully saturated rings. The van der Waals surface area contributed by atoms with Gasteiger partial charge in [-0.1, -0.05) is 6.58 Å². The van der Waals surface area contributed by atoms with Crippen LogP contribution in [-0.4, -0.2) is 13.9 Å². The molecule has 0 aromatic heterocycles. The molecule has 0 spiro atoms. The Labute approximate surface area is 48.6 Å². The number of rotatable bonds is 2.